The Morgan fingerprint density at radius 3 is 0.660 bits per heavy atom. The minimum atomic E-state index is -4.96. The third kappa shape index (κ3) is 78.0. The summed E-state index contributed by atoms with van der Waals surface area (Å²) < 4.78 is 68.8. The van der Waals surface area contributed by atoms with E-state index in [0.29, 0.717) is 25.7 Å². The van der Waals surface area contributed by atoms with Gasteiger partial charge in [-0.05, 0) is 37.5 Å². The molecule has 0 aliphatic carbocycles. The van der Waals surface area contributed by atoms with Crippen LogP contribution in [0.5, 0.6) is 0 Å². The van der Waals surface area contributed by atoms with Crippen LogP contribution < -0.4 is 0 Å². The summed E-state index contributed by atoms with van der Waals surface area (Å²) in [5.41, 5.74) is 0. The van der Waals surface area contributed by atoms with Gasteiger partial charge in [-0.25, -0.2) is 9.13 Å². The molecule has 0 heterocycles. The Kier molecular flexibility index (Phi) is 74.1. The van der Waals surface area contributed by atoms with E-state index in [1.807, 2.05) is 0 Å². The molecular formula is C84H164O17P2. The lowest BCUT2D eigenvalue weighted by molar-refractivity contribution is -0.161. The summed E-state index contributed by atoms with van der Waals surface area (Å²) in [5.74, 6) is -0.484. The minimum Gasteiger partial charge on any atom is -0.462 e. The monoisotopic (exact) mass is 1510 g/mol. The zero-order valence-electron chi connectivity index (χ0n) is 67.6. The standard InChI is InChI=1S/C84H164O17P2/c1-7-9-11-13-15-17-19-20-25-33-38-44-50-56-62-68-83(88)100-79(72-94-81(86)66-60-54-48-42-18-16-14-12-10-8-2)74-98-102(90,91)96-70-78(85)71-97-103(92,93)99-75-80(73-95-82(87)67-61-55-49-43-37-32-29-28-31-36-41-47-53-59-65-77(5)6)101-84(89)69-63-57-51-45-39-34-27-24-22-21-23-26-30-35-40-46-52-58-64-76(3)4/h76-80,85H,7-75H2,1-6H3,(H,90,91)(H,92,93)/t78-,79+,80+/m0/s1. The average Bonchev–Trinajstić information content (AvgIpc) is 0.924. The quantitative estimate of drug-likeness (QED) is 0.0222. The fraction of sp³-hybridized carbons (Fsp3) is 0.952. The van der Waals surface area contributed by atoms with E-state index in [-0.39, 0.29) is 25.7 Å². The Morgan fingerprint density at radius 2 is 0.447 bits per heavy atom. The van der Waals surface area contributed by atoms with Crippen LogP contribution in [0.3, 0.4) is 0 Å². The smallest absolute Gasteiger partial charge is 0.462 e. The molecule has 17 nitrogen and oxygen atoms in total. The van der Waals surface area contributed by atoms with E-state index in [1.165, 1.54) is 263 Å². The highest BCUT2D eigenvalue weighted by Crippen LogP contribution is 2.45. The molecule has 0 amide bonds. The number of hydrogen-bond acceptors (Lipinski definition) is 15. The maximum absolute atomic E-state index is 13.1. The summed E-state index contributed by atoms with van der Waals surface area (Å²) >= 11 is 0. The fourth-order valence-electron chi connectivity index (χ4n) is 13.1. The van der Waals surface area contributed by atoms with Crippen molar-refractivity contribution in [3.63, 3.8) is 0 Å². The zero-order valence-corrected chi connectivity index (χ0v) is 69.4. The van der Waals surface area contributed by atoms with Crippen LogP contribution in [0.25, 0.3) is 0 Å². The fourth-order valence-corrected chi connectivity index (χ4v) is 14.6. The number of unbranched alkanes of at least 4 members (excludes halogenated alkanes) is 53. The first-order chi connectivity index (χ1) is 49.9. The van der Waals surface area contributed by atoms with Gasteiger partial charge in [-0.15, -0.1) is 0 Å². The number of carbonyl (C=O) groups excluding carboxylic acids is 4. The summed E-state index contributed by atoms with van der Waals surface area (Å²) in [6.07, 6.45) is 66.6. The Balaban J connectivity index is 5.22. The lowest BCUT2D eigenvalue weighted by Crippen LogP contribution is -2.30. The lowest BCUT2D eigenvalue weighted by atomic mass is 10.0. The molecule has 0 aromatic rings. The largest absolute Gasteiger partial charge is 0.472 e. The summed E-state index contributed by atoms with van der Waals surface area (Å²) in [6, 6.07) is 0. The highest BCUT2D eigenvalue weighted by Gasteiger charge is 2.30. The van der Waals surface area contributed by atoms with Crippen LogP contribution in [0.4, 0.5) is 0 Å². The minimum absolute atomic E-state index is 0.108. The molecule has 0 fully saturated rings. The van der Waals surface area contributed by atoms with Crippen LogP contribution in [0.2, 0.25) is 0 Å². The molecule has 0 bridgehead atoms. The van der Waals surface area contributed by atoms with Crippen LogP contribution in [0, 0.1) is 11.8 Å². The Bertz CT molecular complexity index is 1980. The number of ether oxygens (including phenoxy) is 4. The van der Waals surface area contributed by atoms with E-state index in [9.17, 15) is 43.2 Å². The van der Waals surface area contributed by atoms with Gasteiger partial charge in [0.15, 0.2) is 12.2 Å². The summed E-state index contributed by atoms with van der Waals surface area (Å²) in [7, 11) is -9.92. The summed E-state index contributed by atoms with van der Waals surface area (Å²) in [6.45, 7) is 9.71. The van der Waals surface area contributed by atoms with Crippen molar-refractivity contribution >= 4 is 39.5 Å². The highest BCUT2D eigenvalue weighted by molar-refractivity contribution is 7.47. The van der Waals surface area contributed by atoms with Crippen molar-refractivity contribution in [2.24, 2.45) is 11.8 Å². The molecule has 5 atom stereocenters. The number of esters is 4. The van der Waals surface area contributed by atoms with Crippen molar-refractivity contribution in [3.8, 4) is 0 Å². The maximum atomic E-state index is 13.1. The summed E-state index contributed by atoms with van der Waals surface area (Å²) in [5, 5.41) is 10.7. The first-order valence-electron chi connectivity index (χ1n) is 43.5. The number of hydrogen-bond donors (Lipinski definition) is 3. The second-order valence-corrected chi connectivity index (χ2v) is 34.1. The third-order valence-electron chi connectivity index (χ3n) is 19.7. The van der Waals surface area contributed by atoms with Crippen LogP contribution in [-0.2, 0) is 65.4 Å². The first-order valence-corrected chi connectivity index (χ1v) is 46.5. The van der Waals surface area contributed by atoms with Gasteiger partial charge in [-0.3, -0.25) is 37.3 Å². The van der Waals surface area contributed by atoms with Crippen LogP contribution in [-0.4, -0.2) is 96.7 Å². The third-order valence-corrected chi connectivity index (χ3v) is 21.6. The number of phosphoric ester groups is 2. The topological polar surface area (TPSA) is 237 Å². The molecule has 0 rings (SSSR count). The molecule has 2 unspecified atom stereocenters. The van der Waals surface area contributed by atoms with Crippen molar-refractivity contribution < 1.29 is 80.2 Å². The Hall–Kier alpha value is -1.94. The number of phosphoric acid groups is 2. The van der Waals surface area contributed by atoms with E-state index < -0.39 is 97.5 Å². The molecule has 0 aromatic carbocycles. The molecule has 612 valence electrons. The van der Waals surface area contributed by atoms with Crippen molar-refractivity contribution in [1.82, 2.24) is 0 Å². The molecular weight excluding hydrogens is 1340 g/mol. The van der Waals surface area contributed by atoms with Gasteiger partial charge < -0.3 is 33.8 Å². The molecule has 0 aliphatic heterocycles. The van der Waals surface area contributed by atoms with E-state index in [1.54, 1.807) is 0 Å². The average molecular weight is 1510 g/mol. The lowest BCUT2D eigenvalue weighted by Gasteiger charge is -2.21. The van der Waals surface area contributed by atoms with Gasteiger partial charge in [0.25, 0.3) is 0 Å². The molecule has 3 N–H and O–H groups in total. The number of aliphatic hydroxyl groups excluding tert-OH is 1. The van der Waals surface area contributed by atoms with Crippen molar-refractivity contribution in [1.29, 1.82) is 0 Å². The van der Waals surface area contributed by atoms with Gasteiger partial charge in [0.1, 0.15) is 19.3 Å². The molecule has 0 spiro atoms. The SMILES string of the molecule is CCCCCCCCCCCCCCCCCC(=O)O[C@H](COC(=O)CCCCCCCCCCCC)COP(=O)(O)OC[C@H](O)COP(=O)(O)OC[C@@H](COC(=O)CCCCCCCCCCCCCCCCC(C)C)OC(=O)CCCCCCCCCCCCCCCCCCCCC(C)C. The second-order valence-electron chi connectivity index (χ2n) is 31.2. The van der Waals surface area contributed by atoms with Crippen LogP contribution >= 0.6 is 15.6 Å². The van der Waals surface area contributed by atoms with E-state index in [4.69, 9.17) is 37.0 Å². The molecule has 19 heteroatoms. The van der Waals surface area contributed by atoms with Crippen LogP contribution in [0.15, 0.2) is 0 Å². The summed E-state index contributed by atoms with van der Waals surface area (Å²) in [4.78, 5) is 73.1. The second kappa shape index (κ2) is 75.5. The molecule has 0 aliphatic rings. The van der Waals surface area contributed by atoms with Gasteiger partial charge in [-0.1, -0.05) is 395 Å². The van der Waals surface area contributed by atoms with E-state index >= 15 is 0 Å². The van der Waals surface area contributed by atoms with Crippen molar-refractivity contribution in [3.05, 3.63) is 0 Å². The van der Waals surface area contributed by atoms with E-state index in [2.05, 4.69) is 41.5 Å². The number of carbonyl (C=O) groups is 4. The molecule has 103 heavy (non-hydrogen) atoms. The molecule has 0 saturated carbocycles. The van der Waals surface area contributed by atoms with Crippen molar-refractivity contribution in [2.75, 3.05) is 39.6 Å². The van der Waals surface area contributed by atoms with E-state index in [0.717, 1.165) is 102 Å². The van der Waals surface area contributed by atoms with Gasteiger partial charge >= 0.3 is 39.5 Å². The predicted octanol–water partition coefficient (Wildman–Crippen LogP) is 25.5. The number of aliphatic hydroxyl groups is 1. The Labute approximate surface area is 632 Å². The normalized spacial score (nSPS) is 13.9. The molecule has 0 saturated heterocycles. The molecule has 0 radical (unpaired) electrons. The molecule has 0 aromatic heterocycles. The zero-order chi connectivity index (χ0) is 75.6. The van der Waals surface area contributed by atoms with Gasteiger partial charge in [-0.2, -0.15) is 0 Å². The van der Waals surface area contributed by atoms with Gasteiger partial charge in [0.2, 0.25) is 0 Å². The van der Waals surface area contributed by atoms with Crippen LogP contribution in [0.1, 0.15) is 446 Å². The van der Waals surface area contributed by atoms with Gasteiger partial charge in [0.05, 0.1) is 26.4 Å². The maximum Gasteiger partial charge on any atom is 0.472 e. The predicted molar refractivity (Wildman–Crippen MR) is 423 cm³/mol. The Morgan fingerprint density at radius 1 is 0.262 bits per heavy atom. The first kappa shape index (κ1) is 101. The number of rotatable bonds is 83. The van der Waals surface area contributed by atoms with Crippen molar-refractivity contribution in [2.45, 2.75) is 464 Å². The highest BCUT2D eigenvalue weighted by atomic mass is 31.2. The van der Waals surface area contributed by atoms with Gasteiger partial charge in [0, 0.05) is 25.7 Å².